The average Bonchev–Trinajstić information content (AvgIpc) is 2.99. The highest BCUT2D eigenvalue weighted by atomic mass is 16.6. The maximum atomic E-state index is 14.1. The maximum absolute atomic E-state index is 14.1. The molecule has 4 aliphatic rings. The fourth-order valence-corrected chi connectivity index (χ4v) is 5.51. The third-order valence-electron chi connectivity index (χ3n) is 6.84. The molecule has 4 saturated heterocycles. The third kappa shape index (κ3) is 2.59. The second kappa shape index (κ2) is 6.41. The number of ketones is 1. The first-order valence-electron chi connectivity index (χ1n) is 9.84. The summed E-state index contributed by atoms with van der Waals surface area (Å²) in [7, 11) is 0. The van der Waals surface area contributed by atoms with Crippen molar-refractivity contribution in [3.63, 3.8) is 0 Å². The van der Waals surface area contributed by atoms with Crippen LogP contribution in [0, 0.1) is 20.2 Å². The molecule has 2 aromatic rings. The highest BCUT2D eigenvalue weighted by Crippen LogP contribution is 2.48. The van der Waals surface area contributed by atoms with E-state index in [1.165, 1.54) is 24.3 Å². The van der Waals surface area contributed by atoms with Crippen molar-refractivity contribution < 1.29 is 14.6 Å². The Kier molecular flexibility index (Phi) is 4.03. The van der Waals surface area contributed by atoms with Crippen LogP contribution in [0.2, 0.25) is 0 Å². The van der Waals surface area contributed by atoms with Gasteiger partial charge in [-0.25, -0.2) is 0 Å². The minimum absolute atomic E-state index is 0.000524. The van der Waals surface area contributed by atoms with E-state index in [9.17, 15) is 25.0 Å². The van der Waals surface area contributed by atoms with Crippen LogP contribution in [0.3, 0.4) is 0 Å². The topological polar surface area (TPSA) is 110 Å². The van der Waals surface area contributed by atoms with Crippen LogP contribution in [-0.2, 0) is 15.6 Å². The molecule has 0 radical (unpaired) electrons. The van der Waals surface area contributed by atoms with E-state index in [1.54, 1.807) is 24.3 Å². The van der Waals surface area contributed by atoms with Crippen molar-refractivity contribution in [2.24, 2.45) is 0 Å². The zero-order valence-electron chi connectivity index (χ0n) is 16.2. The Balaban J connectivity index is 1.63. The van der Waals surface area contributed by atoms with Crippen LogP contribution in [0.4, 0.5) is 11.4 Å². The number of nitro benzene ring substituents is 2. The molecular weight excluding hydrogens is 388 g/mol. The second-order valence-corrected chi connectivity index (χ2v) is 8.52. The summed E-state index contributed by atoms with van der Waals surface area (Å²) in [6, 6.07) is 12.6. The zero-order chi connectivity index (χ0) is 21.1. The van der Waals surface area contributed by atoms with Crippen LogP contribution in [0.25, 0.3) is 0 Å². The highest BCUT2D eigenvalue weighted by Gasteiger charge is 2.62. The van der Waals surface area contributed by atoms with E-state index < -0.39 is 20.7 Å². The van der Waals surface area contributed by atoms with Crippen molar-refractivity contribution >= 4 is 17.2 Å². The van der Waals surface area contributed by atoms with E-state index in [4.69, 9.17) is 0 Å². The van der Waals surface area contributed by atoms with E-state index >= 15 is 0 Å². The number of nitro groups is 2. The molecule has 154 valence electrons. The van der Waals surface area contributed by atoms with Crippen LogP contribution in [0.1, 0.15) is 11.1 Å². The molecule has 6 rings (SSSR count). The summed E-state index contributed by atoms with van der Waals surface area (Å²) < 4.78 is 0. The molecule has 0 amide bonds. The van der Waals surface area contributed by atoms with Gasteiger partial charge in [0.1, 0.15) is 0 Å². The molecule has 0 aliphatic carbocycles. The van der Waals surface area contributed by atoms with Gasteiger partial charge in [0.25, 0.3) is 11.4 Å². The molecule has 9 nitrogen and oxygen atoms in total. The molecule has 4 aliphatic heterocycles. The number of non-ortho nitro benzene ring substituents is 2. The van der Waals surface area contributed by atoms with Gasteiger partial charge in [-0.15, -0.1) is 0 Å². The molecule has 30 heavy (non-hydrogen) atoms. The summed E-state index contributed by atoms with van der Waals surface area (Å²) in [5.41, 5.74) is 0.0357. The first-order chi connectivity index (χ1) is 14.3. The summed E-state index contributed by atoms with van der Waals surface area (Å²) in [6.45, 7) is 4.00. The molecule has 2 aromatic carbocycles. The maximum Gasteiger partial charge on any atom is 0.269 e. The molecule has 9 heteroatoms. The Morgan fingerprint density at radius 2 is 1.00 bits per heavy atom. The van der Waals surface area contributed by atoms with Crippen molar-refractivity contribution in [3.8, 4) is 0 Å². The second-order valence-electron chi connectivity index (χ2n) is 8.52. The monoisotopic (exact) mass is 408 g/mol. The van der Waals surface area contributed by atoms with Crippen LogP contribution in [0.5, 0.6) is 0 Å². The average molecular weight is 408 g/mol. The molecule has 4 bridgehead atoms. The normalized spacial score (nSPS) is 32.1. The predicted octanol–water partition coefficient (Wildman–Crippen LogP) is 1.89. The molecule has 0 N–H and O–H groups in total. The number of benzene rings is 2. The number of carbonyl (C=O) groups excluding carboxylic acids is 1. The zero-order valence-corrected chi connectivity index (χ0v) is 16.2. The Hall–Kier alpha value is -3.17. The molecule has 0 unspecified atom stereocenters. The summed E-state index contributed by atoms with van der Waals surface area (Å²) in [6.07, 6.45) is 0. The Morgan fingerprint density at radius 1 is 0.667 bits per heavy atom. The lowest BCUT2D eigenvalue weighted by molar-refractivity contribution is -0.385. The SMILES string of the molecule is O=C1C2(c3ccc([N+](=O)[O-])cc3)CN3CCN(C2)CC1(c1ccc([N+](=O)[O-])cc1)C3. The van der Waals surface area contributed by atoms with Crippen molar-refractivity contribution in [2.75, 3.05) is 39.3 Å². The number of hydrogen-bond acceptors (Lipinski definition) is 7. The van der Waals surface area contributed by atoms with Crippen LogP contribution < -0.4 is 0 Å². The molecule has 0 atom stereocenters. The third-order valence-corrected chi connectivity index (χ3v) is 6.84. The summed E-state index contributed by atoms with van der Waals surface area (Å²) >= 11 is 0. The van der Waals surface area contributed by atoms with E-state index in [0.717, 1.165) is 24.2 Å². The lowest BCUT2D eigenvalue weighted by Crippen LogP contribution is -2.71. The van der Waals surface area contributed by atoms with E-state index in [1.807, 2.05) is 0 Å². The van der Waals surface area contributed by atoms with Gasteiger partial charge in [0.05, 0.1) is 20.7 Å². The number of nitrogens with zero attached hydrogens (tertiary/aromatic N) is 4. The molecule has 0 aromatic heterocycles. The smallest absolute Gasteiger partial charge is 0.269 e. The fraction of sp³-hybridized carbons (Fsp3) is 0.381. The number of fused-ring (bicyclic) bond motifs is 1. The molecular formula is C21H20N4O5. The number of Topliss-reactive ketones (excluding diaryl/α,β-unsaturated/α-hetero) is 1. The van der Waals surface area contributed by atoms with Crippen molar-refractivity contribution in [1.82, 2.24) is 9.80 Å². The van der Waals surface area contributed by atoms with Gasteiger partial charge >= 0.3 is 0 Å². The number of carbonyl (C=O) groups is 1. The summed E-state index contributed by atoms with van der Waals surface area (Å²) in [5, 5.41) is 22.1. The van der Waals surface area contributed by atoms with E-state index in [-0.39, 0.29) is 17.2 Å². The van der Waals surface area contributed by atoms with Gasteiger partial charge in [0.15, 0.2) is 5.78 Å². The van der Waals surface area contributed by atoms with Crippen LogP contribution >= 0.6 is 0 Å². The number of rotatable bonds is 4. The van der Waals surface area contributed by atoms with Gasteiger partial charge < -0.3 is 0 Å². The van der Waals surface area contributed by atoms with Gasteiger partial charge in [-0.05, 0) is 11.1 Å². The lowest BCUT2D eigenvalue weighted by Gasteiger charge is -2.54. The first kappa shape index (κ1) is 18.8. The van der Waals surface area contributed by atoms with Crippen LogP contribution in [0.15, 0.2) is 48.5 Å². The first-order valence-corrected chi connectivity index (χ1v) is 9.84. The predicted molar refractivity (Wildman–Crippen MR) is 107 cm³/mol. The summed E-state index contributed by atoms with van der Waals surface area (Å²) in [4.78, 5) is 39.9. The number of piperidine rings is 2. The van der Waals surface area contributed by atoms with Gasteiger partial charge in [-0.3, -0.25) is 34.8 Å². The standard InChI is InChI=1S/C21H20N4O5/c26-19-20(15-1-5-17(6-2-15)24(27)28)11-22-9-10-23(12-20)14-21(19,13-22)16-3-7-18(8-4-16)25(29)30/h1-8H,9-14H2. The van der Waals surface area contributed by atoms with E-state index in [2.05, 4.69) is 9.80 Å². The Morgan fingerprint density at radius 3 is 1.30 bits per heavy atom. The van der Waals surface area contributed by atoms with Crippen molar-refractivity contribution in [2.45, 2.75) is 10.8 Å². The lowest BCUT2D eigenvalue weighted by atomic mass is 9.58. The van der Waals surface area contributed by atoms with Crippen molar-refractivity contribution in [1.29, 1.82) is 0 Å². The molecule has 4 heterocycles. The Labute approximate surface area is 172 Å². The molecule has 0 spiro atoms. The minimum Gasteiger partial charge on any atom is -0.299 e. The largest absolute Gasteiger partial charge is 0.299 e. The van der Waals surface area contributed by atoms with Crippen molar-refractivity contribution in [3.05, 3.63) is 79.9 Å². The summed E-state index contributed by atoms with van der Waals surface area (Å²) in [5.74, 6) is 0.104. The number of hydrogen-bond donors (Lipinski definition) is 0. The molecule has 4 fully saturated rings. The quantitative estimate of drug-likeness (QED) is 0.561. The fourth-order valence-electron chi connectivity index (χ4n) is 5.51. The van der Waals surface area contributed by atoms with Crippen LogP contribution in [-0.4, -0.2) is 64.7 Å². The minimum atomic E-state index is -0.774. The van der Waals surface area contributed by atoms with Gasteiger partial charge in [-0.1, -0.05) is 24.3 Å². The highest BCUT2D eigenvalue weighted by molar-refractivity contribution is 6.02. The Bertz CT molecular complexity index is 955. The van der Waals surface area contributed by atoms with Gasteiger partial charge in [-0.2, -0.15) is 0 Å². The van der Waals surface area contributed by atoms with Gasteiger partial charge in [0.2, 0.25) is 0 Å². The van der Waals surface area contributed by atoms with E-state index in [0.29, 0.717) is 26.2 Å². The molecule has 0 saturated carbocycles. The van der Waals surface area contributed by atoms with Gasteiger partial charge in [0, 0.05) is 63.5 Å².